The van der Waals surface area contributed by atoms with Gasteiger partial charge in [0, 0.05) is 21.8 Å². The van der Waals surface area contributed by atoms with Crippen LogP contribution in [0.4, 0.5) is 0 Å². The molecule has 3 rings (SSSR count). The molecule has 0 aliphatic carbocycles. The van der Waals surface area contributed by atoms with Crippen LogP contribution in [0.15, 0.2) is 36.5 Å². The molecule has 0 saturated heterocycles. The van der Waals surface area contributed by atoms with Crippen LogP contribution in [-0.2, 0) is 11.2 Å². The van der Waals surface area contributed by atoms with Crippen molar-refractivity contribution in [2.45, 2.75) is 18.8 Å². The first-order valence-electron chi connectivity index (χ1n) is 7.47. The predicted molar refractivity (Wildman–Crippen MR) is 93.9 cm³/mol. The Labute approximate surface area is 150 Å². The average Bonchev–Trinajstić information content (AvgIpc) is 2.57. The van der Waals surface area contributed by atoms with Crippen molar-refractivity contribution in [1.29, 1.82) is 0 Å². The Morgan fingerprint density at radius 2 is 2.17 bits per heavy atom. The van der Waals surface area contributed by atoms with Gasteiger partial charge in [-0.2, -0.15) is 0 Å². The Morgan fingerprint density at radius 3 is 2.83 bits per heavy atom. The maximum Gasteiger partial charge on any atom is 0.311 e. The third-order valence-corrected chi connectivity index (χ3v) is 4.14. The summed E-state index contributed by atoms with van der Waals surface area (Å²) in [6.45, 7) is 1.04. The van der Waals surface area contributed by atoms with Gasteiger partial charge in [-0.15, -0.1) is 0 Å². The Hall–Kier alpha value is -1.82. The number of carbonyl (C=O) groups is 1. The van der Waals surface area contributed by atoms with Gasteiger partial charge in [-0.25, -0.2) is 4.98 Å². The molecule has 1 atom stereocenters. The van der Waals surface area contributed by atoms with Crippen molar-refractivity contribution >= 4 is 29.2 Å². The van der Waals surface area contributed by atoms with Crippen LogP contribution in [0, 0.1) is 0 Å². The molecule has 5 nitrogen and oxygen atoms in total. The molecule has 1 aromatic heterocycles. The number of ether oxygens (including phenoxy) is 1. The summed E-state index contributed by atoms with van der Waals surface area (Å²) in [5.74, 6) is -0.809. The Kier molecular flexibility index (Phi) is 6.85. The molecule has 24 heavy (non-hydrogen) atoms. The Bertz CT molecular complexity index is 710. The lowest BCUT2D eigenvalue weighted by Gasteiger charge is -2.21. The Balaban J connectivity index is 0.000000177. The monoisotopic (exact) mass is 368 g/mol. The highest BCUT2D eigenvalue weighted by atomic mass is 35.5. The van der Waals surface area contributed by atoms with E-state index in [1.807, 2.05) is 12.1 Å². The number of nitrogens with zero attached hydrogens (tertiary/aromatic N) is 1. The van der Waals surface area contributed by atoms with Crippen LogP contribution < -0.4 is 10.5 Å². The lowest BCUT2D eigenvalue weighted by Crippen LogP contribution is -2.21. The summed E-state index contributed by atoms with van der Waals surface area (Å²) >= 11 is 11.6. The zero-order valence-electron chi connectivity index (χ0n) is 12.9. The summed E-state index contributed by atoms with van der Waals surface area (Å²) in [6, 6.07) is 8.92. The third kappa shape index (κ3) is 4.84. The lowest BCUT2D eigenvalue weighted by molar-refractivity contribution is -0.139. The maximum atomic E-state index is 10.8. The molecule has 0 saturated carbocycles. The van der Waals surface area contributed by atoms with Crippen molar-refractivity contribution in [1.82, 2.24) is 4.98 Å². The summed E-state index contributed by atoms with van der Waals surface area (Å²) in [5.41, 5.74) is 7.11. The minimum atomic E-state index is -0.808. The fourth-order valence-electron chi connectivity index (χ4n) is 2.35. The molecule has 0 bridgehead atoms. The summed E-state index contributed by atoms with van der Waals surface area (Å²) in [6.07, 6.45) is 2.92. The minimum absolute atomic E-state index is 0.432. The number of hydrogen-bond acceptors (Lipinski definition) is 4. The molecular formula is C17H18Cl2N2O3. The Morgan fingerprint density at radius 1 is 1.38 bits per heavy atom. The highest BCUT2D eigenvalue weighted by Crippen LogP contribution is 2.31. The van der Waals surface area contributed by atoms with Crippen molar-refractivity contribution in [2.75, 3.05) is 13.2 Å². The summed E-state index contributed by atoms with van der Waals surface area (Å²) < 4.78 is 5.23. The second-order valence-corrected chi connectivity index (χ2v) is 6.04. The fourth-order valence-corrected chi connectivity index (χ4v) is 2.86. The van der Waals surface area contributed by atoms with E-state index in [0.717, 1.165) is 12.0 Å². The first kappa shape index (κ1) is 18.5. The van der Waals surface area contributed by atoms with E-state index >= 15 is 0 Å². The van der Waals surface area contributed by atoms with Crippen molar-refractivity contribution in [2.24, 2.45) is 5.73 Å². The fraction of sp³-hybridized carbons (Fsp3) is 0.294. The number of carboxylic acids is 1. The lowest BCUT2D eigenvalue weighted by atomic mass is 9.96. The van der Waals surface area contributed by atoms with E-state index in [-0.39, 0.29) is 0 Å². The van der Waals surface area contributed by atoms with Gasteiger partial charge in [-0.05, 0) is 43.1 Å². The van der Waals surface area contributed by atoms with E-state index in [1.54, 1.807) is 24.4 Å². The van der Waals surface area contributed by atoms with Gasteiger partial charge in [-0.1, -0.05) is 35.3 Å². The second-order valence-electron chi connectivity index (χ2n) is 5.20. The number of carboxylic acid groups (broad SMARTS) is 1. The molecule has 0 amide bonds. The summed E-state index contributed by atoms with van der Waals surface area (Å²) in [7, 11) is 0. The molecule has 128 valence electrons. The quantitative estimate of drug-likeness (QED) is 0.865. The van der Waals surface area contributed by atoms with Gasteiger partial charge in [-0.3, -0.25) is 4.79 Å². The number of benzene rings is 1. The largest absolute Gasteiger partial charge is 0.481 e. The van der Waals surface area contributed by atoms with Crippen molar-refractivity contribution < 1.29 is 14.6 Å². The van der Waals surface area contributed by atoms with Crippen LogP contribution in [0.5, 0.6) is 5.88 Å². The molecule has 0 fully saturated rings. The number of rotatable bonds is 3. The summed E-state index contributed by atoms with van der Waals surface area (Å²) in [4.78, 5) is 14.8. The molecular weight excluding hydrogens is 351 g/mol. The van der Waals surface area contributed by atoms with Crippen LogP contribution in [0.2, 0.25) is 10.0 Å². The standard InChI is InChI=1S/C9H9NO3.C8H9Cl2N/c11-9(12)7-3-5-13-8-6(7)2-1-4-10-8;9-7-2-1-6(3-4-11)8(10)5-7/h1-2,4,7H,3,5H2,(H,11,12);1-2,5H,3-4,11H2. The van der Waals surface area contributed by atoms with Crippen LogP contribution in [0.3, 0.4) is 0 Å². The smallest absolute Gasteiger partial charge is 0.311 e. The van der Waals surface area contributed by atoms with E-state index in [4.69, 9.17) is 38.8 Å². The number of hydrogen-bond donors (Lipinski definition) is 2. The summed E-state index contributed by atoms with van der Waals surface area (Å²) in [5, 5.41) is 10.3. The van der Waals surface area contributed by atoms with Gasteiger partial charge in [0.1, 0.15) is 0 Å². The average molecular weight is 369 g/mol. The third-order valence-electron chi connectivity index (χ3n) is 3.55. The van der Waals surface area contributed by atoms with Gasteiger partial charge >= 0.3 is 5.97 Å². The molecule has 1 aliphatic rings. The van der Waals surface area contributed by atoms with Gasteiger partial charge in [0.2, 0.25) is 5.88 Å². The molecule has 2 aromatic rings. The van der Waals surface area contributed by atoms with E-state index < -0.39 is 11.9 Å². The van der Waals surface area contributed by atoms with Crippen LogP contribution in [0.1, 0.15) is 23.5 Å². The van der Waals surface area contributed by atoms with E-state index in [1.165, 1.54) is 0 Å². The minimum Gasteiger partial charge on any atom is -0.481 e. The van der Waals surface area contributed by atoms with Crippen LogP contribution >= 0.6 is 23.2 Å². The zero-order chi connectivity index (χ0) is 17.5. The van der Waals surface area contributed by atoms with E-state index in [0.29, 0.717) is 41.1 Å². The second kappa shape index (κ2) is 8.87. The highest BCUT2D eigenvalue weighted by molar-refractivity contribution is 6.35. The number of halogens is 2. The van der Waals surface area contributed by atoms with Crippen molar-refractivity contribution in [3.8, 4) is 5.88 Å². The molecule has 2 heterocycles. The topological polar surface area (TPSA) is 85.4 Å². The molecule has 3 N–H and O–H groups in total. The predicted octanol–water partition coefficient (Wildman–Crippen LogP) is 3.53. The molecule has 7 heteroatoms. The number of pyridine rings is 1. The van der Waals surface area contributed by atoms with Gasteiger partial charge in [0.15, 0.2) is 0 Å². The first-order chi connectivity index (χ1) is 11.5. The first-order valence-corrected chi connectivity index (χ1v) is 8.23. The van der Waals surface area contributed by atoms with E-state index in [9.17, 15) is 4.79 Å². The zero-order valence-corrected chi connectivity index (χ0v) is 14.4. The molecule has 0 radical (unpaired) electrons. The number of nitrogens with two attached hydrogens (primary N) is 1. The molecule has 1 aliphatic heterocycles. The number of aliphatic carboxylic acids is 1. The maximum absolute atomic E-state index is 10.8. The van der Waals surface area contributed by atoms with E-state index in [2.05, 4.69) is 4.98 Å². The SMILES string of the molecule is NCCc1ccc(Cl)cc1Cl.O=C(O)C1CCOc2ncccc21. The normalized spacial score (nSPS) is 15.5. The van der Waals surface area contributed by atoms with Crippen molar-refractivity contribution in [3.63, 3.8) is 0 Å². The van der Waals surface area contributed by atoms with Gasteiger partial charge < -0.3 is 15.6 Å². The van der Waals surface area contributed by atoms with Crippen molar-refractivity contribution in [3.05, 3.63) is 57.7 Å². The molecule has 1 aromatic carbocycles. The van der Waals surface area contributed by atoms with Gasteiger partial charge in [0.05, 0.1) is 12.5 Å². The number of aromatic nitrogens is 1. The molecule has 0 spiro atoms. The molecule has 1 unspecified atom stereocenters. The van der Waals surface area contributed by atoms with Gasteiger partial charge in [0.25, 0.3) is 0 Å². The highest BCUT2D eigenvalue weighted by Gasteiger charge is 2.27. The van der Waals surface area contributed by atoms with Crippen LogP contribution in [-0.4, -0.2) is 29.2 Å². The van der Waals surface area contributed by atoms with Crippen LogP contribution in [0.25, 0.3) is 0 Å². The number of fused-ring (bicyclic) bond motifs is 1.